The smallest absolute Gasteiger partial charge is 0.00815 e. The first kappa shape index (κ1) is 14.0. The van der Waals surface area contributed by atoms with Crippen molar-refractivity contribution >= 4 is 0 Å². The molecule has 0 aliphatic carbocycles. The standard InChI is InChI=1S/C14H30N2/c1-4-6-14-7-5-9-16(10-8-14)13(3)11-12(2)15/h12-14H,4-11,15H2,1-3H3. The Morgan fingerprint density at radius 3 is 2.62 bits per heavy atom. The van der Waals surface area contributed by atoms with Crippen LogP contribution in [0.1, 0.15) is 59.3 Å². The zero-order valence-corrected chi connectivity index (χ0v) is 11.4. The molecule has 0 aromatic carbocycles. The van der Waals surface area contributed by atoms with E-state index >= 15 is 0 Å². The molecule has 16 heavy (non-hydrogen) atoms. The molecule has 0 aromatic heterocycles. The summed E-state index contributed by atoms with van der Waals surface area (Å²) in [6.45, 7) is 9.34. The second-order valence-electron chi connectivity index (χ2n) is 5.68. The topological polar surface area (TPSA) is 29.3 Å². The van der Waals surface area contributed by atoms with E-state index < -0.39 is 0 Å². The number of rotatable bonds is 5. The molecule has 1 heterocycles. The van der Waals surface area contributed by atoms with Crippen molar-refractivity contribution < 1.29 is 0 Å². The van der Waals surface area contributed by atoms with Crippen LogP contribution in [0.3, 0.4) is 0 Å². The maximum absolute atomic E-state index is 5.89. The number of likely N-dealkylation sites (tertiary alicyclic amines) is 1. The molecule has 0 spiro atoms. The second kappa shape index (κ2) is 7.29. The Morgan fingerprint density at radius 2 is 2.00 bits per heavy atom. The van der Waals surface area contributed by atoms with Gasteiger partial charge in [0.2, 0.25) is 0 Å². The van der Waals surface area contributed by atoms with Crippen LogP contribution in [0.2, 0.25) is 0 Å². The van der Waals surface area contributed by atoms with Crippen molar-refractivity contribution in [1.82, 2.24) is 4.90 Å². The zero-order chi connectivity index (χ0) is 12.0. The quantitative estimate of drug-likeness (QED) is 0.781. The van der Waals surface area contributed by atoms with Crippen LogP contribution in [-0.4, -0.2) is 30.1 Å². The molecule has 1 fully saturated rings. The lowest BCUT2D eigenvalue weighted by atomic mass is 9.96. The molecule has 0 bridgehead atoms. The summed E-state index contributed by atoms with van der Waals surface area (Å²) in [6, 6.07) is 1.00. The maximum atomic E-state index is 5.89. The van der Waals surface area contributed by atoms with E-state index in [0.29, 0.717) is 12.1 Å². The summed E-state index contributed by atoms with van der Waals surface area (Å²) in [7, 11) is 0. The highest BCUT2D eigenvalue weighted by atomic mass is 15.1. The van der Waals surface area contributed by atoms with Crippen LogP contribution in [0.25, 0.3) is 0 Å². The highest BCUT2D eigenvalue weighted by Crippen LogP contribution is 2.23. The van der Waals surface area contributed by atoms with Crippen molar-refractivity contribution in [2.75, 3.05) is 13.1 Å². The Balaban J connectivity index is 2.34. The molecule has 96 valence electrons. The van der Waals surface area contributed by atoms with Gasteiger partial charge in [0.25, 0.3) is 0 Å². The first-order chi connectivity index (χ1) is 7.63. The zero-order valence-electron chi connectivity index (χ0n) is 11.4. The van der Waals surface area contributed by atoms with Crippen LogP contribution < -0.4 is 5.73 Å². The molecule has 2 N–H and O–H groups in total. The third kappa shape index (κ3) is 4.84. The van der Waals surface area contributed by atoms with Crippen molar-refractivity contribution in [3.8, 4) is 0 Å². The summed E-state index contributed by atoms with van der Waals surface area (Å²) in [5, 5.41) is 0. The average molecular weight is 226 g/mol. The van der Waals surface area contributed by atoms with E-state index in [1.54, 1.807) is 0 Å². The van der Waals surface area contributed by atoms with Gasteiger partial charge in [-0.2, -0.15) is 0 Å². The third-order valence-corrected chi connectivity index (χ3v) is 3.92. The lowest BCUT2D eigenvalue weighted by Crippen LogP contribution is -2.37. The monoisotopic (exact) mass is 226 g/mol. The third-order valence-electron chi connectivity index (χ3n) is 3.92. The molecule has 3 unspecified atom stereocenters. The summed E-state index contributed by atoms with van der Waals surface area (Å²) in [5.41, 5.74) is 5.89. The van der Waals surface area contributed by atoms with Crippen LogP contribution in [0.4, 0.5) is 0 Å². The van der Waals surface area contributed by atoms with Gasteiger partial charge in [-0.05, 0) is 58.5 Å². The summed E-state index contributed by atoms with van der Waals surface area (Å²) in [6.07, 6.45) is 8.13. The summed E-state index contributed by atoms with van der Waals surface area (Å²) in [4.78, 5) is 2.65. The summed E-state index contributed by atoms with van der Waals surface area (Å²) < 4.78 is 0. The van der Waals surface area contributed by atoms with Gasteiger partial charge in [0, 0.05) is 12.1 Å². The normalized spacial score (nSPS) is 27.4. The molecule has 0 amide bonds. The number of nitrogens with two attached hydrogens (primary N) is 1. The highest BCUT2D eigenvalue weighted by molar-refractivity contribution is 4.76. The fourth-order valence-electron chi connectivity index (χ4n) is 3.01. The summed E-state index contributed by atoms with van der Waals surface area (Å²) in [5.74, 6) is 0.984. The van der Waals surface area contributed by atoms with Crippen molar-refractivity contribution in [3.05, 3.63) is 0 Å². The lowest BCUT2D eigenvalue weighted by Gasteiger charge is -2.28. The lowest BCUT2D eigenvalue weighted by molar-refractivity contribution is 0.198. The minimum atomic E-state index is 0.338. The van der Waals surface area contributed by atoms with Crippen LogP contribution in [0.15, 0.2) is 0 Å². The van der Waals surface area contributed by atoms with E-state index in [2.05, 4.69) is 25.7 Å². The van der Waals surface area contributed by atoms with Crippen LogP contribution in [0, 0.1) is 5.92 Å². The molecule has 1 aliphatic rings. The molecule has 3 atom stereocenters. The first-order valence-electron chi connectivity index (χ1n) is 7.13. The van der Waals surface area contributed by atoms with Crippen molar-refractivity contribution in [1.29, 1.82) is 0 Å². The van der Waals surface area contributed by atoms with Gasteiger partial charge in [-0.3, -0.25) is 0 Å². The van der Waals surface area contributed by atoms with Gasteiger partial charge >= 0.3 is 0 Å². The van der Waals surface area contributed by atoms with E-state index in [9.17, 15) is 0 Å². The van der Waals surface area contributed by atoms with Gasteiger partial charge < -0.3 is 10.6 Å². The van der Waals surface area contributed by atoms with Gasteiger partial charge in [0.05, 0.1) is 0 Å². The molecule has 2 heteroatoms. The number of hydrogen-bond acceptors (Lipinski definition) is 2. The molecular weight excluding hydrogens is 196 g/mol. The van der Waals surface area contributed by atoms with Crippen LogP contribution in [-0.2, 0) is 0 Å². The number of hydrogen-bond donors (Lipinski definition) is 1. The molecule has 1 saturated heterocycles. The van der Waals surface area contributed by atoms with E-state index in [0.717, 1.165) is 12.3 Å². The first-order valence-corrected chi connectivity index (χ1v) is 7.13. The molecule has 0 aromatic rings. The van der Waals surface area contributed by atoms with Crippen LogP contribution >= 0.6 is 0 Å². The molecule has 2 nitrogen and oxygen atoms in total. The van der Waals surface area contributed by atoms with Gasteiger partial charge in [0.15, 0.2) is 0 Å². The molecular formula is C14H30N2. The molecule has 1 rings (SSSR count). The van der Waals surface area contributed by atoms with Gasteiger partial charge in [-0.15, -0.1) is 0 Å². The largest absolute Gasteiger partial charge is 0.328 e. The molecule has 0 saturated carbocycles. The number of nitrogens with zero attached hydrogens (tertiary/aromatic N) is 1. The Labute approximate surface area is 102 Å². The van der Waals surface area contributed by atoms with E-state index in [-0.39, 0.29) is 0 Å². The van der Waals surface area contributed by atoms with E-state index in [1.807, 2.05) is 0 Å². The molecule has 0 radical (unpaired) electrons. The SMILES string of the molecule is CCCC1CCCN(C(C)CC(C)N)CC1. The minimum absolute atomic E-state index is 0.338. The predicted octanol–water partition coefficient (Wildman–Crippen LogP) is 3.01. The Bertz CT molecular complexity index is 180. The summed E-state index contributed by atoms with van der Waals surface area (Å²) >= 11 is 0. The Kier molecular flexibility index (Phi) is 6.37. The fraction of sp³-hybridized carbons (Fsp3) is 1.00. The van der Waals surface area contributed by atoms with Gasteiger partial charge in [-0.25, -0.2) is 0 Å². The Morgan fingerprint density at radius 1 is 1.25 bits per heavy atom. The van der Waals surface area contributed by atoms with Crippen molar-refractivity contribution in [2.45, 2.75) is 71.4 Å². The van der Waals surface area contributed by atoms with Crippen molar-refractivity contribution in [2.24, 2.45) is 11.7 Å². The maximum Gasteiger partial charge on any atom is 0.00815 e. The van der Waals surface area contributed by atoms with Crippen molar-refractivity contribution in [3.63, 3.8) is 0 Å². The fourth-order valence-corrected chi connectivity index (χ4v) is 3.01. The minimum Gasteiger partial charge on any atom is -0.328 e. The average Bonchev–Trinajstić information content (AvgIpc) is 2.43. The van der Waals surface area contributed by atoms with E-state index in [1.165, 1.54) is 45.2 Å². The highest BCUT2D eigenvalue weighted by Gasteiger charge is 2.20. The van der Waals surface area contributed by atoms with Crippen LogP contribution in [0.5, 0.6) is 0 Å². The van der Waals surface area contributed by atoms with Gasteiger partial charge in [0.1, 0.15) is 0 Å². The second-order valence-corrected chi connectivity index (χ2v) is 5.68. The predicted molar refractivity (Wildman–Crippen MR) is 71.6 cm³/mol. The van der Waals surface area contributed by atoms with E-state index in [4.69, 9.17) is 5.73 Å². The molecule has 1 aliphatic heterocycles. The Hall–Kier alpha value is -0.0800. The van der Waals surface area contributed by atoms with Gasteiger partial charge in [-0.1, -0.05) is 19.8 Å².